The van der Waals surface area contributed by atoms with Crippen molar-refractivity contribution in [2.24, 2.45) is 11.8 Å². The van der Waals surface area contributed by atoms with E-state index in [1.807, 2.05) is 27.7 Å². The molecule has 0 aromatic carbocycles. The van der Waals surface area contributed by atoms with Gasteiger partial charge < -0.3 is 10.1 Å². The van der Waals surface area contributed by atoms with Gasteiger partial charge in [0.25, 0.3) is 0 Å². The molecule has 0 aromatic heterocycles. The molecule has 0 heterocycles. The number of carbonyl (C=O) groups excluding carboxylic acids is 2. The summed E-state index contributed by atoms with van der Waals surface area (Å²) in [6.45, 7) is 7.66. The van der Waals surface area contributed by atoms with Gasteiger partial charge in [-0.15, -0.1) is 0 Å². The Bertz CT molecular complexity index is 238. The largest absolute Gasteiger partial charge is 0.467 e. The first-order valence-corrected chi connectivity index (χ1v) is 5.82. The minimum Gasteiger partial charge on any atom is -0.467 e. The monoisotopic (exact) mass is 229 g/mol. The second-order valence-corrected chi connectivity index (χ2v) is 4.44. The number of methoxy groups -OCH3 is 1. The van der Waals surface area contributed by atoms with Crippen LogP contribution in [0.3, 0.4) is 0 Å². The molecular formula is C12H23NO3. The van der Waals surface area contributed by atoms with Crippen molar-refractivity contribution in [3.63, 3.8) is 0 Å². The standard InChI is InChI=1S/C12H23NO3/c1-6-7-9(4)11(14)13-10(8(2)3)12(15)16-5/h8-10H,6-7H2,1-5H3,(H,13,14). The van der Waals surface area contributed by atoms with Crippen LogP contribution >= 0.6 is 0 Å². The second-order valence-electron chi connectivity index (χ2n) is 4.44. The Morgan fingerprint density at radius 3 is 2.19 bits per heavy atom. The Morgan fingerprint density at radius 2 is 1.81 bits per heavy atom. The van der Waals surface area contributed by atoms with Crippen molar-refractivity contribution < 1.29 is 14.3 Å². The molecule has 1 amide bonds. The van der Waals surface area contributed by atoms with Gasteiger partial charge in [-0.05, 0) is 12.3 Å². The SMILES string of the molecule is CCCC(C)C(=O)NC(C(=O)OC)C(C)C. The van der Waals surface area contributed by atoms with Gasteiger partial charge in [-0.25, -0.2) is 4.79 Å². The van der Waals surface area contributed by atoms with Gasteiger partial charge in [0.2, 0.25) is 5.91 Å². The Kier molecular flexibility index (Phi) is 6.77. The van der Waals surface area contributed by atoms with Gasteiger partial charge in [0.15, 0.2) is 0 Å². The van der Waals surface area contributed by atoms with Crippen LogP contribution in [0.4, 0.5) is 0 Å². The van der Waals surface area contributed by atoms with Crippen LogP contribution in [-0.4, -0.2) is 25.0 Å². The highest BCUT2D eigenvalue weighted by Gasteiger charge is 2.26. The minimum absolute atomic E-state index is 0.0326. The van der Waals surface area contributed by atoms with Crippen LogP contribution < -0.4 is 5.32 Å². The Labute approximate surface area is 97.7 Å². The predicted molar refractivity (Wildman–Crippen MR) is 62.9 cm³/mol. The lowest BCUT2D eigenvalue weighted by Gasteiger charge is -2.21. The van der Waals surface area contributed by atoms with Gasteiger partial charge in [0.05, 0.1) is 7.11 Å². The normalized spacial score (nSPS) is 14.4. The number of hydrogen-bond donors (Lipinski definition) is 1. The van der Waals surface area contributed by atoms with Crippen LogP contribution in [0.1, 0.15) is 40.5 Å². The molecular weight excluding hydrogens is 206 g/mol. The zero-order valence-corrected chi connectivity index (χ0v) is 10.9. The van der Waals surface area contributed by atoms with Gasteiger partial charge >= 0.3 is 5.97 Å². The summed E-state index contributed by atoms with van der Waals surface area (Å²) in [5.41, 5.74) is 0. The molecule has 2 unspecified atom stereocenters. The number of carbonyl (C=O) groups is 2. The van der Waals surface area contributed by atoms with Crippen molar-refractivity contribution in [2.45, 2.75) is 46.6 Å². The summed E-state index contributed by atoms with van der Waals surface area (Å²) in [4.78, 5) is 23.2. The van der Waals surface area contributed by atoms with E-state index >= 15 is 0 Å². The topological polar surface area (TPSA) is 55.4 Å². The molecule has 0 fully saturated rings. The highest BCUT2D eigenvalue weighted by atomic mass is 16.5. The fraction of sp³-hybridized carbons (Fsp3) is 0.833. The van der Waals surface area contributed by atoms with Crippen LogP contribution in [0.2, 0.25) is 0 Å². The summed E-state index contributed by atoms with van der Waals surface area (Å²) in [6, 6.07) is -0.545. The molecule has 2 atom stereocenters. The first kappa shape index (κ1) is 14.9. The molecule has 0 rings (SSSR count). The Balaban J connectivity index is 4.40. The zero-order chi connectivity index (χ0) is 12.7. The molecule has 0 aliphatic rings. The summed E-state index contributed by atoms with van der Waals surface area (Å²) in [5, 5.41) is 2.74. The lowest BCUT2D eigenvalue weighted by Crippen LogP contribution is -2.46. The van der Waals surface area contributed by atoms with Crippen LogP contribution in [-0.2, 0) is 14.3 Å². The van der Waals surface area contributed by atoms with Crippen LogP contribution in [0.25, 0.3) is 0 Å². The maximum absolute atomic E-state index is 11.7. The van der Waals surface area contributed by atoms with Gasteiger partial charge in [-0.2, -0.15) is 0 Å². The van der Waals surface area contributed by atoms with Crippen molar-refractivity contribution >= 4 is 11.9 Å². The smallest absolute Gasteiger partial charge is 0.328 e. The first-order chi connectivity index (χ1) is 7.43. The van der Waals surface area contributed by atoms with Crippen molar-refractivity contribution in [2.75, 3.05) is 7.11 Å². The van der Waals surface area contributed by atoms with E-state index in [0.29, 0.717) is 0 Å². The second kappa shape index (κ2) is 7.25. The third-order valence-corrected chi connectivity index (χ3v) is 2.59. The van der Waals surface area contributed by atoms with Crippen molar-refractivity contribution in [3.8, 4) is 0 Å². The van der Waals surface area contributed by atoms with E-state index in [4.69, 9.17) is 0 Å². The summed E-state index contributed by atoms with van der Waals surface area (Å²) < 4.78 is 4.66. The number of amides is 1. The summed E-state index contributed by atoms with van der Waals surface area (Å²) in [6.07, 6.45) is 1.79. The number of nitrogens with one attached hydrogen (secondary N) is 1. The maximum atomic E-state index is 11.7. The Hall–Kier alpha value is -1.06. The average Bonchev–Trinajstić information content (AvgIpc) is 2.24. The van der Waals surface area contributed by atoms with E-state index in [0.717, 1.165) is 12.8 Å². The molecule has 0 radical (unpaired) electrons. The summed E-state index contributed by atoms with van der Waals surface area (Å²) in [7, 11) is 1.33. The van der Waals surface area contributed by atoms with Crippen LogP contribution in [0, 0.1) is 11.8 Å². The summed E-state index contributed by atoms with van der Waals surface area (Å²) in [5.74, 6) is -0.487. The lowest BCUT2D eigenvalue weighted by molar-refractivity contribution is -0.146. The molecule has 0 saturated heterocycles. The molecule has 0 bridgehead atoms. The fourth-order valence-electron chi connectivity index (χ4n) is 1.48. The summed E-state index contributed by atoms with van der Waals surface area (Å²) >= 11 is 0. The molecule has 0 spiro atoms. The van der Waals surface area contributed by atoms with E-state index in [9.17, 15) is 9.59 Å². The minimum atomic E-state index is -0.545. The number of ether oxygens (including phenoxy) is 1. The fourth-order valence-corrected chi connectivity index (χ4v) is 1.48. The molecule has 0 aromatic rings. The Morgan fingerprint density at radius 1 is 1.25 bits per heavy atom. The van der Waals surface area contributed by atoms with E-state index in [-0.39, 0.29) is 23.7 Å². The average molecular weight is 229 g/mol. The van der Waals surface area contributed by atoms with Gasteiger partial charge in [-0.1, -0.05) is 34.1 Å². The maximum Gasteiger partial charge on any atom is 0.328 e. The van der Waals surface area contributed by atoms with E-state index in [2.05, 4.69) is 10.1 Å². The molecule has 0 aliphatic heterocycles. The van der Waals surface area contributed by atoms with Crippen LogP contribution in [0.5, 0.6) is 0 Å². The van der Waals surface area contributed by atoms with E-state index < -0.39 is 6.04 Å². The van der Waals surface area contributed by atoms with Gasteiger partial charge in [0, 0.05) is 5.92 Å². The third kappa shape index (κ3) is 4.64. The van der Waals surface area contributed by atoms with Crippen LogP contribution in [0.15, 0.2) is 0 Å². The number of esters is 1. The number of hydrogen-bond acceptors (Lipinski definition) is 3. The van der Waals surface area contributed by atoms with Gasteiger partial charge in [0.1, 0.15) is 6.04 Å². The molecule has 0 aliphatic carbocycles. The molecule has 1 N–H and O–H groups in total. The highest BCUT2D eigenvalue weighted by molar-refractivity contribution is 5.85. The molecule has 94 valence electrons. The molecule has 16 heavy (non-hydrogen) atoms. The van der Waals surface area contributed by atoms with Crippen molar-refractivity contribution in [1.29, 1.82) is 0 Å². The molecule has 0 saturated carbocycles. The zero-order valence-electron chi connectivity index (χ0n) is 10.9. The first-order valence-electron chi connectivity index (χ1n) is 5.82. The molecule has 4 nitrogen and oxygen atoms in total. The highest BCUT2D eigenvalue weighted by Crippen LogP contribution is 2.08. The van der Waals surface area contributed by atoms with E-state index in [1.54, 1.807) is 0 Å². The third-order valence-electron chi connectivity index (χ3n) is 2.59. The number of rotatable bonds is 6. The lowest BCUT2D eigenvalue weighted by atomic mass is 10.0. The molecule has 4 heteroatoms. The quantitative estimate of drug-likeness (QED) is 0.706. The predicted octanol–water partition coefficient (Wildman–Crippen LogP) is 1.74. The van der Waals surface area contributed by atoms with Gasteiger partial charge in [-0.3, -0.25) is 4.79 Å². The van der Waals surface area contributed by atoms with Crippen molar-refractivity contribution in [3.05, 3.63) is 0 Å². The van der Waals surface area contributed by atoms with E-state index in [1.165, 1.54) is 7.11 Å². The van der Waals surface area contributed by atoms with Crippen molar-refractivity contribution in [1.82, 2.24) is 5.32 Å².